The maximum Gasteiger partial charge on any atom is 0.235 e. The lowest BCUT2D eigenvalue weighted by molar-refractivity contribution is -0.0509. The van der Waals surface area contributed by atoms with Crippen LogP contribution in [0.2, 0.25) is 10.0 Å². The molecule has 2 heterocycles. The van der Waals surface area contributed by atoms with Gasteiger partial charge in [0.1, 0.15) is 0 Å². The second kappa shape index (κ2) is 6.71. The first kappa shape index (κ1) is 18.4. The molecule has 1 atom stereocenters. The van der Waals surface area contributed by atoms with Gasteiger partial charge < -0.3 is 5.11 Å². The number of fused-ring (bicyclic) bond motifs is 2. The monoisotopic (exact) mass is 440 g/mol. The van der Waals surface area contributed by atoms with Crippen LogP contribution in [-0.2, 0) is 5.72 Å². The number of nitrogens with zero attached hydrogens (tertiary/aromatic N) is 3. The summed E-state index contributed by atoms with van der Waals surface area (Å²) in [6.45, 7) is 0. The zero-order valence-corrected chi connectivity index (χ0v) is 17.2. The van der Waals surface area contributed by atoms with Gasteiger partial charge in [-0.1, -0.05) is 53.5 Å². The number of hydrogen-bond donors (Lipinski definition) is 2. The van der Waals surface area contributed by atoms with E-state index in [0.29, 0.717) is 37.9 Å². The van der Waals surface area contributed by atoms with Crippen LogP contribution in [0.1, 0.15) is 11.1 Å². The summed E-state index contributed by atoms with van der Waals surface area (Å²) in [6, 6.07) is 21.9. The molecule has 5 nitrogen and oxygen atoms in total. The molecular weight excluding hydrogens is 427 g/mol. The Morgan fingerprint density at radius 2 is 1.62 bits per heavy atom. The number of halogens is 2. The van der Waals surface area contributed by atoms with Crippen molar-refractivity contribution in [1.29, 1.82) is 0 Å². The van der Waals surface area contributed by atoms with Crippen LogP contribution in [0, 0.1) is 0 Å². The Kier molecular flexibility index (Phi) is 4.26. The molecule has 0 bridgehead atoms. The molecular formula is C21H14Cl2N4OS. The average Bonchev–Trinajstić information content (AvgIpc) is 3.07. The van der Waals surface area contributed by atoms with Crippen molar-refractivity contribution in [3.63, 3.8) is 0 Å². The summed E-state index contributed by atoms with van der Waals surface area (Å²) < 4.78 is 0. The number of rotatable bonds is 2. The molecule has 29 heavy (non-hydrogen) atoms. The SMILES string of the molecule is OC1(c2ccccc2)c2cc(Cl)ccc2N=C2N(c3ccc(Cl)cc3)C(=S)NN21. The summed E-state index contributed by atoms with van der Waals surface area (Å²) in [5, 5.41) is 15.1. The van der Waals surface area contributed by atoms with Crippen LogP contribution >= 0.6 is 35.4 Å². The summed E-state index contributed by atoms with van der Waals surface area (Å²) in [5.74, 6) is 0.457. The number of benzene rings is 3. The highest BCUT2D eigenvalue weighted by Crippen LogP contribution is 2.45. The number of nitrogens with one attached hydrogen (secondary N) is 1. The Morgan fingerprint density at radius 1 is 0.931 bits per heavy atom. The first-order valence-electron chi connectivity index (χ1n) is 8.81. The van der Waals surface area contributed by atoms with Crippen LogP contribution in [0.3, 0.4) is 0 Å². The maximum absolute atomic E-state index is 12.0. The van der Waals surface area contributed by atoms with Crippen molar-refractivity contribution in [2.75, 3.05) is 4.90 Å². The van der Waals surface area contributed by atoms with E-state index in [9.17, 15) is 5.11 Å². The van der Waals surface area contributed by atoms with E-state index < -0.39 is 5.72 Å². The fraction of sp³-hybridized carbons (Fsp3) is 0.0476. The molecule has 1 unspecified atom stereocenters. The molecule has 1 saturated heterocycles. The van der Waals surface area contributed by atoms with Crippen molar-refractivity contribution in [2.24, 2.45) is 4.99 Å². The van der Waals surface area contributed by atoms with Crippen molar-refractivity contribution in [3.8, 4) is 0 Å². The minimum Gasteiger partial charge on any atom is -0.362 e. The highest BCUT2D eigenvalue weighted by Gasteiger charge is 2.51. The molecule has 5 rings (SSSR count). The molecule has 0 saturated carbocycles. The van der Waals surface area contributed by atoms with Gasteiger partial charge in [-0.3, -0.25) is 10.3 Å². The van der Waals surface area contributed by atoms with Crippen molar-refractivity contribution in [2.45, 2.75) is 5.72 Å². The number of hydrazine groups is 1. The van der Waals surface area contributed by atoms with Gasteiger partial charge >= 0.3 is 0 Å². The number of hydrogen-bond acceptors (Lipinski definition) is 4. The lowest BCUT2D eigenvalue weighted by Crippen LogP contribution is -2.55. The van der Waals surface area contributed by atoms with Crippen molar-refractivity contribution >= 4 is 57.9 Å². The number of anilines is 1. The van der Waals surface area contributed by atoms with Crippen LogP contribution in [0.4, 0.5) is 11.4 Å². The molecule has 3 aromatic rings. The van der Waals surface area contributed by atoms with Crippen LogP contribution in [0.15, 0.2) is 77.8 Å². The Labute approximate surface area is 182 Å². The minimum absolute atomic E-state index is 0.388. The fourth-order valence-corrected chi connectivity index (χ4v) is 4.18. The number of thiocarbonyl (C=S) groups is 1. The summed E-state index contributed by atoms with van der Waals surface area (Å²) in [6.07, 6.45) is 0. The summed E-state index contributed by atoms with van der Waals surface area (Å²) in [5.41, 5.74) is 4.14. The quantitative estimate of drug-likeness (QED) is 0.560. The van der Waals surface area contributed by atoms with Gasteiger partial charge in [-0.25, -0.2) is 10.0 Å². The molecule has 0 amide bonds. The third-order valence-electron chi connectivity index (χ3n) is 4.95. The molecule has 1 fully saturated rings. The third kappa shape index (κ3) is 2.80. The topological polar surface area (TPSA) is 51.1 Å². The summed E-state index contributed by atoms with van der Waals surface area (Å²) in [4.78, 5) is 6.53. The zero-order valence-electron chi connectivity index (χ0n) is 14.9. The first-order valence-corrected chi connectivity index (χ1v) is 9.98. The van der Waals surface area contributed by atoms with Crippen molar-refractivity contribution in [3.05, 3.63) is 94.0 Å². The van der Waals surface area contributed by atoms with Crippen molar-refractivity contribution in [1.82, 2.24) is 10.4 Å². The van der Waals surface area contributed by atoms with Gasteiger partial charge in [0.25, 0.3) is 0 Å². The van der Waals surface area contributed by atoms with Gasteiger partial charge in [0.05, 0.1) is 11.4 Å². The third-order valence-corrected chi connectivity index (χ3v) is 5.71. The highest BCUT2D eigenvalue weighted by atomic mass is 35.5. The Bertz CT molecular complexity index is 1150. The van der Waals surface area contributed by atoms with Crippen LogP contribution in [-0.4, -0.2) is 21.2 Å². The lowest BCUT2D eigenvalue weighted by atomic mass is 9.91. The average molecular weight is 441 g/mol. The smallest absolute Gasteiger partial charge is 0.235 e. The molecule has 2 aliphatic heterocycles. The molecule has 0 aliphatic carbocycles. The normalized spacial score (nSPS) is 20.1. The van der Waals surface area contributed by atoms with Crippen LogP contribution < -0.4 is 10.3 Å². The van der Waals surface area contributed by atoms with Gasteiger partial charge in [-0.15, -0.1) is 0 Å². The van der Waals surface area contributed by atoms with E-state index in [0.717, 1.165) is 5.69 Å². The van der Waals surface area contributed by atoms with E-state index in [2.05, 4.69) is 5.43 Å². The standard InChI is InChI=1S/C21H14Cl2N4OS/c22-14-6-9-16(10-7-14)26-19-24-18-11-8-15(23)12-17(18)21(28,27(19)25-20(26)29)13-4-2-1-3-5-13/h1-12,28H,(H,25,29). The second-order valence-electron chi connectivity index (χ2n) is 6.68. The van der Waals surface area contributed by atoms with Crippen LogP contribution in [0.25, 0.3) is 0 Å². The number of guanidine groups is 1. The Hall–Kier alpha value is -2.64. The zero-order chi connectivity index (χ0) is 20.2. The molecule has 2 N–H and O–H groups in total. The van der Waals surface area contributed by atoms with E-state index in [1.54, 1.807) is 40.2 Å². The van der Waals surface area contributed by atoms with E-state index in [4.69, 9.17) is 40.4 Å². The van der Waals surface area contributed by atoms with Gasteiger partial charge in [-0.05, 0) is 54.7 Å². The molecule has 0 spiro atoms. The highest BCUT2D eigenvalue weighted by molar-refractivity contribution is 7.80. The molecule has 8 heteroatoms. The lowest BCUT2D eigenvalue weighted by Gasteiger charge is -2.41. The van der Waals surface area contributed by atoms with Crippen LogP contribution in [0.5, 0.6) is 0 Å². The van der Waals surface area contributed by atoms with Gasteiger partial charge in [-0.2, -0.15) is 0 Å². The molecule has 144 valence electrons. The summed E-state index contributed by atoms with van der Waals surface area (Å²) in [7, 11) is 0. The number of aliphatic hydroxyl groups is 1. The van der Waals surface area contributed by atoms with Gasteiger partial charge in [0.15, 0.2) is 5.11 Å². The van der Waals surface area contributed by atoms with E-state index in [1.165, 1.54) is 0 Å². The number of aliphatic imine (C=N–C) groups is 1. The summed E-state index contributed by atoms with van der Waals surface area (Å²) >= 11 is 17.9. The second-order valence-corrected chi connectivity index (χ2v) is 7.94. The predicted molar refractivity (Wildman–Crippen MR) is 119 cm³/mol. The fourth-order valence-electron chi connectivity index (χ4n) is 3.60. The van der Waals surface area contributed by atoms with E-state index >= 15 is 0 Å². The molecule has 3 aromatic carbocycles. The Balaban J connectivity index is 1.74. The first-order chi connectivity index (χ1) is 14.0. The maximum atomic E-state index is 12.0. The minimum atomic E-state index is -1.57. The van der Waals surface area contributed by atoms with Crippen molar-refractivity contribution < 1.29 is 5.11 Å². The predicted octanol–water partition coefficient (Wildman–Crippen LogP) is 4.80. The largest absolute Gasteiger partial charge is 0.362 e. The molecule has 2 aliphatic rings. The van der Waals surface area contributed by atoms with E-state index in [-0.39, 0.29) is 0 Å². The molecule has 0 aromatic heterocycles. The van der Waals surface area contributed by atoms with E-state index in [1.807, 2.05) is 42.5 Å². The Morgan fingerprint density at radius 3 is 2.34 bits per heavy atom. The molecule has 0 radical (unpaired) electrons. The van der Waals surface area contributed by atoms with Gasteiger partial charge in [0, 0.05) is 21.2 Å². The van der Waals surface area contributed by atoms with Gasteiger partial charge in [0.2, 0.25) is 11.7 Å².